The van der Waals surface area contributed by atoms with Crippen LogP contribution in [0.25, 0.3) is 0 Å². The number of benzene rings is 2. The van der Waals surface area contributed by atoms with E-state index in [4.69, 9.17) is 4.52 Å². The van der Waals surface area contributed by atoms with Gasteiger partial charge in [-0.2, -0.15) is 0 Å². The van der Waals surface area contributed by atoms with Gasteiger partial charge in [0.15, 0.2) is 0 Å². The second-order valence-electron chi connectivity index (χ2n) is 7.02. The molecule has 1 aliphatic rings. The van der Waals surface area contributed by atoms with Crippen molar-refractivity contribution in [1.82, 2.24) is 10.1 Å². The molecule has 1 amide bonds. The normalized spacial score (nSPS) is 19.4. The van der Waals surface area contributed by atoms with Gasteiger partial charge >= 0.3 is 0 Å². The summed E-state index contributed by atoms with van der Waals surface area (Å²) in [5.74, 6) is 0.463. The molecule has 1 saturated heterocycles. The van der Waals surface area contributed by atoms with Crippen LogP contribution in [0.4, 0.5) is 0 Å². The zero-order valence-corrected chi connectivity index (χ0v) is 15.0. The zero-order valence-electron chi connectivity index (χ0n) is 15.0. The molecule has 5 heteroatoms. The van der Waals surface area contributed by atoms with E-state index in [1.165, 1.54) is 11.8 Å². The molecule has 0 bridgehead atoms. The number of β-amino-alcohol motifs (C(OH)–C–C–N with tert-alkyl or cyclic N) is 1. The number of carbonyl (C=O) groups excluding carboxylic acids is 1. The summed E-state index contributed by atoms with van der Waals surface area (Å²) in [6.07, 6.45) is 3.40. The molecular formula is C22H22N2O3. The van der Waals surface area contributed by atoms with Crippen LogP contribution in [0.1, 0.15) is 33.7 Å². The Balaban J connectivity index is 1.46. The number of hydrogen-bond acceptors (Lipinski definition) is 4. The number of aromatic nitrogens is 1. The Morgan fingerprint density at radius 3 is 2.52 bits per heavy atom. The summed E-state index contributed by atoms with van der Waals surface area (Å²) in [4.78, 5) is 14.7. The Bertz CT molecular complexity index is 908. The van der Waals surface area contributed by atoms with Gasteiger partial charge in [-0.15, -0.1) is 0 Å². The van der Waals surface area contributed by atoms with E-state index < -0.39 is 5.60 Å². The molecule has 2 aromatic carbocycles. The number of likely N-dealkylation sites (tertiary alicyclic amines) is 1. The van der Waals surface area contributed by atoms with Crippen LogP contribution in [-0.2, 0) is 18.4 Å². The lowest BCUT2D eigenvalue weighted by Gasteiger charge is -2.23. The third-order valence-electron chi connectivity index (χ3n) is 5.21. The first-order valence-electron chi connectivity index (χ1n) is 9.20. The van der Waals surface area contributed by atoms with Crippen LogP contribution in [0.15, 0.2) is 71.4 Å². The van der Waals surface area contributed by atoms with Crippen LogP contribution < -0.4 is 0 Å². The Morgan fingerprint density at radius 1 is 1.07 bits per heavy atom. The van der Waals surface area contributed by atoms with Gasteiger partial charge in [-0.25, -0.2) is 0 Å². The quantitative estimate of drug-likeness (QED) is 0.757. The van der Waals surface area contributed by atoms with Crippen LogP contribution in [-0.4, -0.2) is 34.2 Å². The second-order valence-corrected chi connectivity index (χ2v) is 7.02. The predicted molar refractivity (Wildman–Crippen MR) is 101 cm³/mol. The third kappa shape index (κ3) is 3.64. The molecule has 1 fully saturated rings. The van der Waals surface area contributed by atoms with Gasteiger partial charge in [0.2, 0.25) is 0 Å². The van der Waals surface area contributed by atoms with Crippen molar-refractivity contribution in [3.63, 3.8) is 0 Å². The van der Waals surface area contributed by atoms with E-state index in [-0.39, 0.29) is 12.5 Å². The summed E-state index contributed by atoms with van der Waals surface area (Å²) in [5, 5.41) is 14.8. The molecule has 3 aromatic rings. The summed E-state index contributed by atoms with van der Waals surface area (Å²) >= 11 is 0. The Kier molecular flexibility index (Phi) is 4.77. The maximum Gasteiger partial charge on any atom is 0.259 e. The first-order valence-corrected chi connectivity index (χ1v) is 9.20. The topological polar surface area (TPSA) is 66.6 Å². The minimum Gasteiger partial charge on any atom is -0.383 e. The van der Waals surface area contributed by atoms with Crippen molar-refractivity contribution in [2.45, 2.75) is 24.9 Å². The van der Waals surface area contributed by atoms with Crippen molar-refractivity contribution in [3.8, 4) is 0 Å². The van der Waals surface area contributed by atoms with Gasteiger partial charge in [0, 0.05) is 13.0 Å². The highest BCUT2D eigenvalue weighted by atomic mass is 16.5. The molecule has 2 heterocycles. The van der Waals surface area contributed by atoms with E-state index in [1.54, 1.807) is 4.90 Å². The molecule has 138 valence electrons. The highest BCUT2D eigenvalue weighted by Gasteiger charge is 2.40. The lowest BCUT2D eigenvalue weighted by Crippen LogP contribution is -2.34. The number of amides is 1. The van der Waals surface area contributed by atoms with Crippen molar-refractivity contribution in [3.05, 3.63) is 89.3 Å². The summed E-state index contributed by atoms with van der Waals surface area (Å²) in [5.41, 5.74) is 1.52. The number of aliphatic hydroxyl groups is 1. The third-order valence-corrected chi connectivity index (χ3v) is 5.21. The molecule has 0 aliphatic carbocycles. The molecule has 1 atom stereocenters. The molecule has 0 saturated carbocycles. The summed E-state index contributed by atoms with van der Waals surface area (Å²) in [6, 6.07) is 19.6. The summed E-state index contributed by atoms with van der Waals surface area (Å²) < 4.78 is 5.34. The monoisotopic (exact) mass is 362 g/mol. The number of hydrogen-bond donors (Lipinski definition) is 1. The SMILES string of the molecule is O=C(c1cnoc1CCc1ccccc1)N1CCC(O)(c2ccccc2)C1. The van der Waals surface area contributed by atoms with Crippen molar-refractivity contribution in [2.24, 2.45) is 0 Å². The molecule has 1 N–H and O–H groups in total. The molecule has 0 spiro atoms. The fraction of sp³-hybridized carbons (Fsp3) is 0.273. The van der Waals surface area contributed by atoms with Crippen LogP contribution in [0.5, 0.6) is 0 Å². The van der Waals surface area contributed by atoms with E-state index in [0.717, 1.165) is 12.0 Å². The van der Waals surface area contributed by atoms with E-state index in [2.05, 4.69) is 17.3 Å². The highest BCUT2D eigenvalue weighted by molar-refractivity contribution is 5.95. The average Bonchev–Trinajstić information content (AvgIpc) is 3.35. The molecular weight excluding hydrogens is 340 g/mol. The molecule has 27 heavy (non-hydrogen) atoms. The maximum atomic E-state index is 13.0. The van der Waals surface area contributed by atoms with Crippen molar-refractivity contribution in [2.75, 3.05) is 13.1 Å². The van der Waals surface area contributed by atoms with Gasteiger partial charge in [0.05, 0.1) is 12.7 Å². The van der Waals surface area contributed by atoms with Gasteiger partial charge in [0.25, 0.3) is 5.91 Å². The molecule has 4 rings (SSSR count). The van der Waals surface area contributed by atoms with E-state index in [0.29, 0.717) is 30.7 Å². The standard InChI is InChI=1S/C22H22N2O3/c25-21(24-14-13-22(26,16-24)18-9-5-2-6-10-18)19-15-23-27-20(19)12-11-17-7-3-1-4-8-17/h1-10,15,26H,11-14,16H2. The van der Waals surface area contributed by atoms with Crippen molar-refractivity contribution < 1.29 is 14.4 Å². The molecule has 1 unspecified atom stereocenters. The minimum absolute atomic E-state index is 0.133. The van der Waals surface area contributed by atoms with Gasteiger partial charge in [-0.1, -0.05) is 65.8 Å². The number of nitrogens with zero attached hydrogens (tertiary/aromatic N) is 2. The minimum atomic E-state index is -1.00. The number of carbonyl (C=O) groups is 1. The predicted octanol–water partition coefficient (Wildman–Crippen LogP) is 3.19. The molecule has 1 aromatic heterocycles. The highest BCUT2D eigenvalue weighted by Crippen LogP contribution is 2.32. The fourth-order valence-corrected chi connectivity index (χ4v) is 3.64. The Labute approximate surface area is 158 Å². The Morgan fingerprint density at radius 2 is 1.78 bits per heavy atom. The van der Waals surface area contributed by atoms with Gasteiger partial charge in [-0.3, -0.25) is 4.79 Å². The molecule has 5 nitrogen and oxygen atoms in total. The second kappa shape index (κ2) is 7.37. The van der Waals surface area contributed by atoms with Crippen LogP contribution >= 0.6 is 0 Å². The summed E-state index contributed by atoms with van der Waals surface area (Å²) in [6.45, 7) is 0.784. The van der Waals surface area contributed by atoms with Crippen molar-refractivity contribution >= 4 is 5.91 Å². The molecule has 1 aliphatic heterocycles. The van der Waals surface area contributed by atoms with Crippen LogP contribution in [0.3, 0.4) is 0 Å². The van der Waals surface area contributed by atoms with E-state index in [1.807, 2.05) is 48.5 Å². The van der Waals surface area contributed by atoms with E-state index in [9.17, 15) is 9.90 Å². The lowest BCUT2D eigenvalue weighted by molar-refractivity contribution is 0.0416. The van der Waals surface area contributed by atoms with Gasteiger partial charge < -0.3 is 14.5 Å². The summed E-state index contributed by atoms with van der Waals surface area (Å²) in [7, 11) is 0. The average molecular weight is 362 g/mol. The first kappa shape index (κ1) is 17.5. The molecule has 0 radical (unpaired) electrons. The Hall–Kier alpha value is -2.92. The van der Waals surface area contributed by atoms with Crippen LogP contribution in [0, 0.1) is 0 Å². The largest absolute Gasteiger partial charge is 0.383 e. The van der Waals surface area contributed by atoms with Crippen molar-refractivity contribution in [1.29, 1.82) is 0 Å². The van der Waals surface area contributed by atoms with Crippen LogP contribution in [0.2, 0.25) is 0 Å². The number of rotatable bonds is 5. The number of aryl methyl sites for hydroxylation is 2. The maximum absolute atomic E-state index is 13.0. The zero-order chi connectivity index (χ0) is 18.7. The van der Waals surface area contributed by atoms with Gasteiger partial charge in [-0.05, 0) is 24.0 Å². The lowest BCUT2D eigenvalue weighted by atomic mass is 9.93. The van der Waals surface area contributed by atoms with Gasteiger partial charge in [0.1, 0.15) is 16.9 Å². The smallest absolute Gasteiger partial charge is 0.259 e. The van der Waals surface area contributed by atoms with E-state index >= 15 is 0 Å². The first-order chi connectivity index (χ1) is 13.2. The fourth-order valence-electron chi connectivity index (χ4n) is 3.64.